The Hall–Kier alpha value is -0.870. The van der Waals surface area contributed by atoms with Crippen molar-refractivity contribution in [2.45, 2.75) is 32.3 Å². The minimum Gasteiger partial charge on any atom is -0.478 e. The maximum absolute atomic E-state index is 10.1. The van der Waals surface area contributed by atoms with Gasteiger partial charge in [-0.25, -0.2) is 4.79 Å². The van der Waals surface area contributed by atoms with Gasteiger partial charge in [0, 0.05) is 19.2 Å². The van der Waals surface area contributed by atoms with Crippen LogP contribution >= 0.6 is 0 Å². The van der Waals surface area contributed by atoms with Crippen molar-refractivity contribution in [2.75, 3.05) is 13.1 Å². The second-order valence-corrected chi connectivity index (χ2v) is 3.62. The third-order valence-electron chi connectivity index (χ3n) is 1.82. The molecule has 0 heterocycles. The molecule has 0 radical (unpaired) electrons. The van der Waals surface area contributed by atoms with E-state index in [1.165, 1.54) is 6.08 Å². The van der Waals surface area contributed by atoms with E-state index in [0.717, 1.165) is 18.9 Å². The first kappa shape index (κ1) is 13.1. The standard InChI is InChI=1S/C10H19NO3/c1-3-6-10(2,14)8-11-7-4-5-9(12)13/h4-5,11,14H,3,6-8H2,1-2H3,(H,12,13)/b5-4+. The molecule has 0 rings (SSSR count). The smallest absolute Gasteiger partial charge is 0.328 e. The van der Waals surface area contributed by atoms with Crippen molar-refractivity contribution >= 4 is 5.97 Å². The summed E-state index contributed by atoms with van der Waals surface area (Å²) in [6.45, 7) is 4.72. The lowest BCUT2D eigenvalue weighted by Gasteiger charge is -2.22. The average molecular weight is 201 g/mol. The number of hydrogen-bond acceptors (Lipinski definition) is 3. The average Bonchev–Trinajstić information content (AvgIpc) is 2.02. The van der Waals surface area contributed by atoms with Crippen molar-refractivity contribution < 1.29 is 15.0 Å². The van der Waals surface area contributed by atoms with Gasteiger partial charge in [-0.1, -0.05) is 19.4 Å². The number of hydrogen-bond donors (Lipinski definition) is 3. The van der Waals surface area contributed by atoms with E-state index in [1.54, 1.807) is 6.92 Å². The van der Waals surface area contributed by atoms with Crippen LogP contribution in [0.25, 0.3) is 0 Å². The molecular formula is C10H19NO3. The van der Waals surface area contributed by atoms with E-state index < -0.39 is 11.6 Å². The summed E-state index contributed by atoms with van der Waals surface area (Å²) in [7, 11) is 0. The molecule has 0 fully saturated rings. The monoisotopic (exact) mass is 201 g/mol. The highest BCUT2D eigenvalue weighted by Crippen LogP contribution is 2.09. The number of carbonyl (C=O) groups is 1. The van der Waals surface area contributed by atoms with Crippen molar-refractivity contribution in [3.63, 3.8) is 0 Å². The SMILES string of the molecule is CCCC(C)(O)CNC/C=C/C(=O)O. The van der Waals surface area contributed by atoms with Crippen molar-refractivity contribution in [1.29, 1.82) is 0 Å². The van der Waals surface area contributed by atoms with Crippen molar-refractivity contribution in [3.05, 3.63) is 12.2 Å². The van der Waals surface area contributed by atoms with Crippen molar-refractivity contribution in [2.24, 2.45) is 0 Å². The molecule has 0 spiro atoms. The molecule has 0 aliphatic carbocycles. The first-order valence-electron chi connectivity index (χ1n) is 4.80. The molecule has 0 saturated carbocycles. The van der Waals surface area contributed by atoms with Crippen LogP contribution in [0, 0.1) is 0 Å². The van der Waals surface area contributed by atoms with E-state index >= 15 is 0 Å². The summed E-state index contributed by atoms with van der Waals surface area (Å²) in [5.74, 6) is -0.952. The molecule has 0 amide bonds. The number of nitrogens with one attached hydrogen (secondary N) is 1. The molecule has 14 heavy (non-hydrogen) atoms. The molecule has 3 N–H and O–H groups in total. The minimum atomic E-state index is -0.952. The first-order chi connectivity index (χ1) is 6.48. The third-order valence-corrected chi connectivity index (χ3v) is 1.82. The number of aliphatic carboxylic acids is 1. The maximum Gasteiger partial charge on any atom is 0.328 e. The summed E-state index contributed by atoms with van der Waals surface area (Å²) >= 11 is 0. The second kappa shape index (κ2) is 6.56. The van der Waals surface area contributed by atoms with Gasteiger partial charge >= 0.3 is 5.97 Å². The Balaban J connectivity index is 3.58. The highest BCUT2D eigenvalue weighted by Gasteiger charge is 2.17. The van der Waals surface area contributed by atoms with Crippen LogP contribution in [0.1, 0.15) is 26.7 Å². The topological polar surface area (TPSA) is 69.6 Å². The van der Waals surface area contributed by atoms with Crippen LogP contribution in [-0.2, 0) is 4.79 Å². The minimum absolute atomic E-state index is 0.464. The lowest BCUT2D eigenvalue weighted by atomic mass is 10.0. The normalized spacial score (nSPS) is 15.6. The van der Waals surface area contributed by atoms with Gasteiger partial charge in [0.1, 0.15) is 0 Å². The Bertz CT molecular complexity index is 200. The van der Waals surface area contributed by atoms with Gasteiger partial charge in [0.25, 0.3) is 0 Å². The number of carboxylic acids is 1. The second-order valence-electron chi connectivity index (χ2n) is 3.62. The van der Waals surface area contributed by atoms with Crippen LogP contribution in [0.4, 0.5) is 0 Å². The first-order valence-corrected chi connectivity index (χ1v) is 4.80. The summed E-state index contributed by atoms with van der Waals surface area (Å²) in [6, 6.07) is 0. The fourth-order valence-corrected chi connectivity index (χ4v) is 1.21. The Morgan fingerprint density at radius 2 is 2.21 bits per heavy atom. The molecule has 0 bridgehead atoms. The van der Waals surface area contributed by atoms with E-state index in [0.29, 0.717) is 13.1 Å². The third kappa shape index (κ3) is 7.76. The molecule has 0 aliphatic heterocycles. The van der Waals surface area contributed by atoms with Gasteiger partial charge in [-0.2, -0.15) is 0 Å². The summed E-state index contributed by atoms with van der Waals surface area (Å²) in [4.78, 5) is 10.1. The van der Waals surface area contributed by atoms with Gasteiger partial charge in [0.05, 0.1) is 5.60 Å². The van der Waals surface area contributed by atoms with Crippen molar-refractivity contribution in [1.82, 2.24) is 5.32 Å². The summed E-state index contributed by atoms with van der Waals surface area (Å²) in [5.41, 5.74) is -0.703. The highest BCUT2D eigenvalue weighted by molar-refractivity contribution is 5.79. The molecule has 0 aromatic rings. The predicted molar refractivity (Wildman–Crippen MR) is 55.2 cm³/mol. The Labute approximate surface area is 84.6 Å². The molecule has 4 nitrogen and oxygen atoms in total. The molecule has 0 aromatic heterocycles. The summed E-state index contributed by atoms with van der Waals surface area (Å²) < 4.78 is 0. The number of carboxylic acid groups (broad SMARTS) is 1. The molecule has 0 aliphatic rings. The lowest BCUT2D eigenvalue weighted by Crippen LogP contribution is -2.37. The van der Waals surface area contributed by atoms with Gasteiger partial charge in [-0.15, -0.1) is 0 Å². The summed E-state index contributed by atoms with van der Waals surface area (Å²) in [6.07, 6.45) is 4.27. The van der Waals surface area contributed by atoms with Gasteiger partial charge in [-0.05, 0) is 13.3 Å². The highest BCUT2D eigenvalue weighted by atomic mass is 16.4. The Kier molecular flexibility index (Phi) is 6.16. The van der Waals surface area contributed by atoms with Gasteiger partial charge < -0.3 is 15.5 Å². The van der Waals surface area contributed by atoms with Crippen LogP contribution in [-0.4, -0.2) is 34.9 Å². The Morgan fingerprint density at radius 3 is 2.71 bits per heavy atom. The molecule has 1 unspecified atom stereocenters. The van der Waals surface area contributed by atoms with Gasteiger partial charge in [0.15, 0.2) is 0 Å². The molecule has 0 aromatic carbocycles. The fraction of sp³-hybridized carbons (Fsp3) is 0.700. The quantitative estimate of drug-likeness (QED) is 0.420. The van der Waals surface area contributed by atoms with E-state index in [4.69, 9.17) is 5.11 Å². The molecule has 82 valence electrons. The van der Waals surface area contributed by atoms with Crippen LogP contribution in [0.3, 0.4) is 0 Å². The molecular weight excluding hydrogens is 182 g/mol. The molecule has 4 heteroatoms. The van der Waals surface area contributed by atoms with Gasteiger partial charge in [-0.3, -0.25) is 0 Å². The molecule has 0 saturated heterocycles. The summed E-state index contributed by atoms with van der Waals surface area (Å²) in [5, 5.41) is 21.0. The number of aliphatic hydroxyl groups is 1. The maximum atomic E-state index is 10.1. The van der Waals surface area contributed by atoms with Crippen molar-refractivity contribution in [3.8, 4) is 0 Å². The number of rotatable bonds is 7. The zero-order chi connectivity index (χ0) is 11.0. The largest absolute Gasteiger partial charge is 0.478 e. The van der Waals surface area contributed by atoms with Gasteiger partial charge in [0.2, 0.25) is 0 Å². The lowest BCUT2D eigenvalue weighted by molar-refractivity contribution is -0.131. The fourth-order valence-electron chi connectivity index (χ4n) is 1.21. The zero-order valence-electron chi connectivity index (χ0n) is 8.79. The van der Waals surface area contributed by atoms with E-state index in [9.17, 15) is 9.90 Å². The van der Waals surface area contributed by atoms with E-state index in [1.807, 2.05) is 6.92 Å². The predicted octanol–water partition coefficient (Wildman–Crippen LogP) is 0.768. The van der Waals surface area contributed by atoms with E-state index in [-0.39, 0.29) is 0 Å². The van der Waals surface area contributed by atoms with Crippen LogP contribution in [0.5, 0.6) is 0 Å². The zero-order valence-corrected chi connectivity index (χ0v) is 8.79. The van der Waals surface area contributed by atoms with Crippen LogP contribution < -0.4 is 5.32 Å². The molecule has 1 atom stereocenters. The Morgan fingerprint density at radius 1 is 1.57 bits per heavy atom. The van der Waals surface area contributed by atoms with Crippen LogP contribution in [0.2, 0.25) is 0 Å². The van der Waals surface area contributed by atoms with Crippen LogP contribution in [0.15, 0.2) is 12.2 Å². The van der Waals surface area contributed by atoms with E-state index in [2.05, 4.69) is 5.32 Å².